The van der Waals surface area contributed by atoms with Crippen LogP contribution in [0, 0.1) is 56.3 Å². The molecule has 3 nitrogen and oxygen atoms in total. The molecule has 1 aromatic carbocycles. The zero-order valence-electron chi connectivity index (χ0n) is 11.2. The summed E-state index contributed by atoms with van der Waals surface area (Å²) < 4.78 is 0. The molecule has 0 saturated heterocycles. The summed E-state index contributed by atoms with van der Waals surface area (Å²) in [7, 11) is 0. The number of rotatable bonds is 3. The third-order valence-corrected chi connectivity index (χ3v) is 3.35. The van der Waals surface area contributed by atoms with E-state index in [0.29, 0.717) is 5.56 Å². The maximum atomic E-state index is 12.2. The van der Waals surface area contributed by atoms with E-state index in [2.05, 4.69) is 0 Å². The Morgan fingerprint density at radius 1 is 1.11 bits per heavy atom. The highest BCUT2D eigenvalue weighted by Crippen LogP contribution is 2.24. The first kappa shape index (κ1) is 13.9. The van der Waals surface area contributed by atoms with E-state index in [1.165, 1.54) is 0 Å². The van der Waals surface area contributed by atoms with Crippen molar-refractivity contribution in [1.29, 1.82) is 10.5 Å². The molecule has 0 spiro atoms. The molecule has 0 aliphatic carbocycles. The van der Waals surface area contributed by atoms with Crippen molar-refractivity contribution in [3.05, 3.63) is 33.9 Å². The molecule has 0 aromatic heterocycles. The standard InChI is InChI=1S/C15H16N2O/c1-9-5-10(2)12(4)15(11(9)3)14(18)6-13(7-16)8-17/h5,13H,6H2,1-4H3. The number of benzene rings is 1. The predicted octanol–water partition coefficient (Wildman–Crippen LogP) is 3.16. The fourth-order valence-electron chi connectivity index (χ4n) is 2.04. The van der Waals surface area contributed by atoms with E-state index in [1.807, 2.05) is 45.9 Å². The summed E-state index contributed by atoms with van der Waals surface area (Å²) in [6.07, 6.45) is -0.0302. The van der Waals surface area contributed by atoms with Gasteiger partial charge in [0.15, 0.2) is 5.78 Å². The number of nitriles is 2. The van der Waals surface area contributed by atoms with Crippen LogP contribution in [0.3, 0.4) is 0 Å². The lowest BCUT2D eigenvalue weighted by molar-refractivity contribution is 0.0975. The molecule has 0 radical (unpaired) electrons. The highest BCUT2D eigenvalue weighted by molar-refractivity contribution is 5.99. The molecule has 0 saturated carbocycles. The molecule has 0 aliphatic heterocycles. The number of ketones is 1. The van der Waals surface area contributed by atoms with Crippen molar-refractivity contribution in [1.82, 2.24) is 0 Å². The van der Waals surface area contributed by atoms with E-state index in [9.17, 15) is 4.79 Å². The van der Waals surface area contributed by atoms with Gasteiger partial charge in [0.25, 0.3) is 0 Å². The van der Waals surface area contributed by atoms with Gasteiger partial charge in [0, 0.05) is 12.0 Å². The minimum Gasteiger partial charge on any atom is -0.294 e. The summed E-state index contributed by atoms with van der Waals surface area (Å²) in [5, 5.41) is 17.5. The largest absolute Gasteiger partial charge is 0.294 e. The maximum Gasteiger partial charge on any atom is 0.165 e. The van der Waals surface area contributed by atoms with E-state index in [-0.39, 0.29) is 12.2 Å². The molecule has 0 N–H and O–H groups in total. The zero-order chi connectivity index (χ0) is 13.9. The fraction of sp³-hybridized carbons (Fsp3) is 0.400. The second kappa shape index (κ2) is 5.47. The predicted molar refractivity (Wildman–Crippen MR) is 69.1 cm³/mol. The fourth-order valence-corrected chi connectivity index (χ4v) is 2.04. The van der Waals surface area contributed by atoms with Gasteiger partial charge in [-0.15, -0.1) is 0 Å². The number of hydrogen-bond acceptors (Lipinski definition) is 3. The van der Waals surface area contributed by atoms with E-state index >= 15 is 0 Å². The quantitative estimate of drug-likeness (QED) is 0.762. The van der Waals surface area contributed by atoms with Crippen LogP contribution >= 0.6 is 0 Å². The number of carbonyl (C=O) groups excluding carboxylic acids is 1. The van der Waals surface area contributed by atoms with Crippen LogP contribution in [0.2, 0.25) is 0 Å². The molecule has 0 amide bonds. The summed E-state index contributed by atoms with van der Waals surface area (Å²) >= 11 is 0. The number of carbonyl (C=O) groups is 1. The van der Waals surface area contributed by atoms with Crippen molar-refractivity contribution in [2.45, 2.75) is 34.1 Å². The number of aryl methyl sites for hydroxylation is 2. The monoisotopic (exact) mass is 240 g/mol. The molecule has 0 atom stereocenters. The smallest absolute Gasteiger partial charge is 0.165 e. The second-order valence-corrected chi connectivity index (χ2v) is 4.57. The van der Waals surface area contributed by atoms with Gasteiger partial charge in [0.2, 0.25) is 0 Å². The van der Waals surface area contributed by atoms with E-state index in [4.69, 9.17) is 10.5 Å². The molecule has 0 fully saturated rings. The molecule has 18 heavy (non-hydrogen) atoms. The first-order valence-corrected chi connectivity index (χ1v) is 5.82. The van der Waals surface area contributed by atoms with Crippen LogP contribution in [0.15, 0.2) is 6.07 Å². The topological polar surface area (TPSA) is 64.7 Å². The van der Waals surface area contributed by atoms with Crippen LogP contribution < -0.4 is 0 Å². The van der Waals surface area contributed by atoms with Crippen LogP contribution in [0.4, 0.5) is 0 Å². The molecule has 0 aliphatic rings. The number of hydrogen-bond donors (Lipinski definition) is 0. The normalized spacial score (nSPS) is 9.94. The van der Waals surface area contributed by atoms with Gasteiger partial charge in [-0.2, -0.15) is 10.5 Å². The average molecular weight is 240 g/mol. The van der Waals surface area contributed by atoms with Gasteiger partial charge in [-0.25, -0.2) is 0 Å². The summed E-state index contributed by atoms with van der Waals surface area (Å²) in [6.45, 7) is 7.74. The summed E-state index contributed by atoms with van der Waals surface area (Å²) in [6, 6.07) is 5.73. The number of nitrogens with zero attached hydrogens (tertiary/aromatic N) is 2. The SMILES string of the molecule is Cc1cc(C)c(C)c(C(=O)CC(C#N)C#N)c1C. The van der Waals surface area contributed by atoms with Crippen molar-refractivity contribution in [3.63, 3.8) is 0 Å². The highest BCUT2D eigenvalue weighted by atomic mass is 16.1. The molecule has 0 heterocycles. The van der Waals surface area contributed by atoms with E-state index in [1.54, 1.807) is 0 Å². The molecule has 92 valence electrons. The summed E-state index contributed by atoms with van der Waals surface area (Å²) in [4.78, 5) is 12.2. The van der Waals surface area contributed by atoms with Gasteiger partial charge in [-0.3, -0.25) is 4.79 Å². The van der Waals surface area contributed by atoms with Crippen LogP contribution in [-0.2, 0) is 0 Å². The third kappa shape index (κ3) is 2.57. The summed E-state index contributed by atoms with van der Waals surface area (Å²) in [5.74, 6) is -0.984. The van der Waals surface area contributed by atoms with Crippen LogP contribution in [0.25, 0.3) is 0 Å². The number of Topliss-reactive ketones (excluding diaryl/α,β-unsaturated/α-hetero) is 1. The van der Waals surface area contributed by atoms with Gasteiger partial charge < -0.3 is 0 Å². The summed E-state index contributed by atoms with van der Waals surface area (Å²) in [5.41, 5.74) is 4.68. The average Bonchev–Trinajstić information content (AvgIpc) is 2.33. The minimum atomic E-state index is -0.864. The molecule has 0 bridgehead atoms. The Kier molecular flexibility index (Phi) is 4.23. The van der Waals surface area contributed by atoms with Gasteiger partial charge in [0.1, 0.15) is 5.92 Å². The van der Waals surface area contributed by atoms with Crippen molar-refractivity contribution in [2.75, 3.05) is 0 Å². The van der Waals surface area contributed by atoms with Gasteiger partial charge in [0.05, 0.1) is 12.1 Å². The van der Waals surface area contributed by atoms with E-state index in [0.717, 1.165) is 22.3 Å². The van der Waals surface area contributed by atoms with Crippen molar-refractivity contribution in [3.8, 4) is 12.1 Å². The maximum absolute atomic E-state index is 12.2. The Balaban J connectivity index is 3.23. The highest BCUT2D eigenvalue weighted by Gasteiger charge is 2.19. The second-order valence-electron chi connectivity index (χ2n) is 4.57. The molecular weight excluding hydrogens is 224 g/mol. The molecule has 1 aromatic rings. The molecular formula is C15H16N2O. The Morgan fingerprint density at radius 3 is 1.94 bits per heavy atom. The Hall–Kier alpha value is -2.13. The molecule has 0 unspecified atom stereocenters. The van der Waals surface area contributed by atoms with Crippen LogP contribution in [-0.4, -0.2) is 5.78 Å². The van der Waals surface area contributed by atoms with Crippen molar-refractivity contribution in [2.24, 2.45) is 5.92 Å². The van der Waals surface area contributed by atoms with Crippen LogP contribution in [0.1, 0.15) is 39.0 Å². The van der Waals surface area contributed by atoms with Gasteiger partial charge >= 0.3 is 0 Å². The van der Waals surface area contributed by atoms with Gasteiger partial charge in [-0.05, 0) is 49.9 Å². The minimum absolute atomic E-state index is 0.0302. The molecule has 3 heteroatoms. The Bertz CT molecular complexity index is 533. The van der Waals surface area contributed by atoms with Crippen molar-refractivity contribution < 1.29 is 4.79 Å². The lowest BCUT2D eigenvalue weighted by Crippen LogP contribution is -2.11. The van der Waals surface area contributed by atoms with Crippen molar-refractivity contribution >= 4 is 5.78 Å². The van der Waals surface area contributed by atoms with Crippen LogP contribution in [0.5, 0.6) is 0 Å². The first-order valence-electron chi connectivity index (χ1n) is 5.82. The lowest BCUT2D eigenvalue weighted by Gasteiger charge is -2.14. The first-order chi connectivity index (χ1) is 8.42. The van der Waals surface area contributed by atoms with E-state index < -0.39 is 5.92 Å². The Labute approximate surface area is 108 Å². The Morgan fingerprint density at radius 2 is 1.56 bits per heavy atom. The third-order valence-electron chi connectivity index (χ3n) is 3.35. The molecule has 1 rings (SSSR count). The lowest BCUT2D eigenvalue weighted by atomic mass is 9.89. The van der Waals surface area contributed by atoms with Gasteiger partial charge in [-0.1, -0.05) is 6.07 Å². The zero-order valence-corrected chi connectivity index (χ0v) is 11.2.